The second-order valence-corrected chi connectivity index (χ2v) is 10.4. The van der Waals surface area contributed by atoms with Crippen molar-refractivity contribution in [2.24, 2.45) is 0 Å². The molecular weight excluding hydrogens is 470 g/mol. The smallest absolute Gasteiger partial charge is 0.341 e. The molecule has 6 nitrogen and oxygen atoms in total. The number of aliphatic carboxylic acids is 1. The molecule has 0 saturated heterocycles. The Bertz CT molecular complexity index is 1130. The van der Waals surface area contributed by atoms with E-state index in [0.29, 0.717) is 23.1 Å². The second-order valence-electron chi connectivity index (χ2n) is 7.41. The third-order valence-corrected chi connectivity index (χ3v) is 7.95. The summed E-state index contributed by atoms with van der Waals surface area (Å²) in [5, 5.41) is 10.5. The zero-order chi connectivity index (χ0) is 23.3. The molecule has 3 rings (SSSR count). The normalized spacial score (nSPS) is 13.1. The van der Waals surface area contributed by atoms with Gasteiger partial charge in [0.25, 0.3) is 0 Å². The molecule has 3 aromatic rings. The van der Waals surface area contributed by atoms with Gasteiger partial charge in [0.2, 0.25) is 0 Å². The van der Waals surface area contributed by atoms with Crippen molar-refractivity contribution >= 4 is 50.0 Å². The van der Waals surface area contributed by atoms with Gasteiger partial charge >= 0.3 is 5.97 Å². The van der Waals surface area contributed by atoms with E-state index in [1.165, 1.54) is 11.3 Å². The molecule has 0 aliphatic rings. The highest BCUT2D eigenvalue weighted by molar-refractivity contribution is 7.85. The van der Waals surface area contributed by atoms with Gasteiger partial charge in [0.05, 0.1) is 0 Å². The first-order valence-corrected chi connectivity index (χ1v) is 12.6. The number of carbonyl (C=O) groups is 1. The number of hydrogen-bond acceptors (Lipinski definition) is 5. The van der Waals surface area contributed by atoms with E-state index >= 15 is 0 Å². The number of halogens is 1. The van der Waals surface area contributed by atoms with E-state index in [4.69, 9.17) is 26.2 Å². The largest absolute Gasteiger partial charge is 0.489 e. The van der Waals surface area contributed by atoms with Gasteiger partial charge in [-0.15, -0.1) is 11.3 Å². The molecule has 32 heavy (non-hydrogen) atoms. The van der Waals surface area contributed by atoms with Crippen LogP contribution in [0.5, 0.6) is 11.5 Å². The first-order valence-electron chi connectivity index (χ1n) is 10.2. The standard InChI is InChI=1S/C23H26ClNO5S2/c1-4-5-18(30-17-7-8-20(14(2)10-17)29-13-22(26)27)12-25-32(28)23-15(3)19-11-16(24)6-9-21(19)31-23/h6-11,18,25H,4-5,12-13H2,1-3H3,(H,26,27). The Kier molecular flexibility index (Phi) is 8.53. The van der Waals surface area contributed by atoms with Crippen molar-refractivity contribution in [1.29, 1.82) is 0 Å². The summed E-state index contributed by atoms with van der Waals surface area (Å²) in [4.78, 5) is 10.7. The minimum Gasteiger partial charge on any atom is -0.489 e. The number of thiophene rings is 1. The lowest BCUT2D eigenvalue weighted by molar-refractivity contribution is -0.139. The molecule has 1 heterocycles. The van der Waals surface area contributed by atoms with Crippen molar-refractivity contribution in [3.63, 3.8) is 0 Å². The van der Waals surface area contributed by atoms with E-state index in [-0.39, 0.29) is 6.10 Å². The molecule has 0 radical (unpaired) electrons. The minimum absolute atomic E-state index is 0.168. The molecule has 1 aromatic heterocycles. The highest BCUT2D eigenvalue weighted by atomic mass is 35.5. The first kappa shape index (κ1) is 24.5. The molecule has 0 aliphatic heterocycles. The number of aryl methyl sites for hydroxylation is 2. The van der Waals surface area contributed by atoms with Crippen LogP contribution in [0.15, 0.2) is 40.6 Å². The van der Waals surface area contributed by atoms with Crippen LogP contribution < -0.4 is 14.2 Å². The Labute approximate surface area is 199 Å². The molecule has 0 aliphatic carbocycles. The van der Waals surface area contributed by atoms with Crippen LogP contribution in [0, 0.1) is 13.8 Å². The number of nitrogens with one attached hydrogen (secondary N) is 1. The maximum Gasteiger partial charge on any atom is 0.341 e. The predicted octanol–water partition coefficient (Wildman–Crippen LogP) is 5.49. The average Bonchev–Trinajstić information content (AvgIpc) is 3.07. The van der Waals surface area contributed by atoms with Crippen molar-refractivity contribution in [3.8, 4) is 11.5 Å². The van der Waals surface area contributed by atoms with Crippen LogP contribution in [0.1, 0.15) is 30.9 Å². The lowest BCUT2D eigenvalue weighted by Crippen LogP contribution is -2.32. The SMILES string of the molecule is CCCC(CNS(=O)c1sc2ccc(Cl)cc2c1C)Oc1ccc(OCC(=O)O)c(C)c1. The molecule has 172 valence electrons. The van der Waals surface area contributed by atoms with Gasteiger partial charge in [0, 0.05) is 16.3 Å². The van der Waals surface area contributed by atoms with Crippen LogP contribution in [-0.2, 0) is 15.8 Å². The number of rotatable bonds is 11. The van der Waals surface area contributed by atoms with Crippen LogP contribution >= 0.6 is 22.9 Å². The van der Waals surface area contributed by atoms with Gasteiger partial charge < -0.3 is 14.6 Å². The summed E-state index contributed by atoms with van der Waals surface area (Å²) in [5.41, 5.74) is 1.76. The quantitative estimate of drug-likeness (QED) is 0.367. The number of benzene rings is 2. The van der Waals surface area contributed by atoms with Gasteiger partial charge in [-0.1, -0.05) is 24.9 Å². The molecule has 2 atom stereocenters. The van der Waals surface area contributed by atoms with Crippen LogP contribution in [0.25, 0.3) is 10.1 Å². The Morgan fingerprint density at radius 3 is 2.72 bits per heavy atom. The summed E-state index contributed by atoms with van der Waals surface area (Å²) in [5.74, 6) is 0.138. The van der Waals surface area contributed by atoms with Gasteiger partial charge in [-0.05, 0) is 73.2 Å². The molecule has 2 aromatic carbocycles. The molecule has 0 bridgehead atoms. The molecule has 0 amide bonds. The van der Waals surface area contributed by atoms with Crippen molar-refractivity contribution in [3.05, 3.63) is 52.5 Å². The fourth-order valence-corrected chi connectivity index (χ4v) is 5.99. The number of hydrogen-bond donors (Lipinski definition) is 2. The van der Waals surface area contributed by atoms with Gasteiger partial charge in [-0.2, -0.15) is 0 Å². The Morgan fingerprint density at radius 2 is 2.03 bits per heavy atom. The van der Waals surface area contributed by atoms with Crippen molar-refractivity contribution in [2.75, 3.05) is 13.2 Å². The molecule has 2 N–H and O–H groups in total. The predicted molar refractivity (Wildman–Crippen MR) is 130 cm³/mol. The van der Waals surface area contributed by atoms with Crippen molar-refractivity contribution in [2.45, 2.75) is 43.9 Å². The lowest BCUT2D eigenvalue weighted by atomic mass is 10.2. The first-order chi connectivity index (χ1) is 15.3. The van der Waals surface area contributed by atoms with E-state index in [0.717, 1.165) is 38.3 Å². The Hall–Kier alpha value is -2.13. The van der Waals surface area contributed by atoms with Crippen LogP contribution in [0.2, 0.25) is 5.02 Å². The maximum absolute atomic E-state index is 13.0. The number of fused-ring (bicyclic) bond motifs is 1. The number of carboxylic acids is 1. The molecule has 0 fully saturated rings. The van der Waals surface area contributed by atoms with Gasteiger partial charge in [-0.3, -0.25) is 0 Å². The van der Waals surface area contributed by atoms with Crippen LogP contribution in [0.3, 0.4) is 0 Å². The summed E-state index contributed by atoms with van der Waals surface area (Å²) in [7, 11) is -1.36. The summed E-state index contributed by atoms with van der Waals surface area (Å²) < 4.78 is 29.3. The number of carboxylic acid groups (broad SMARTS) is 1. The van der Waals surface area contributed by atoms with E-state index in [1.807, 2.05) is 38.1 Å². The fraction of sp³-hybridized carbons (Fsp3) is 0.348. The third kappa shape index (κ3) is 6.22. The highest BCUT2D eigenvalue weighted by Crippen LogP contribution is 2.34. The summed E-state index contributed by atoms with van der Waals surface area (Å²) in [6.07, 6.45) is 1.54. The van der Waals surface area contributed by atoms with Crippen molar-refractivity contribution < 1.29 is 23.6 Å². The van der Waals surface area contributed by atoms with Gasteiger partial charge in [0.1, 0.15) is 32.8 Å². The summed E-state index contributed by atoms with van der Waals surface area (Å²) in [6, 6.07) is 11.0. The summed E-state index contributed by atoms with van der Waals surface area (Å²) in [6.45, 7) is 5.90. The summed E-state index contributed by atoms with van der Waals surface area (Å²) >= 11 is 7.61. The fourth-order valence-electron chi connectivity index (χ4n) is 3.30. The van der Waals surface area contributed by atoms with Gasteiger partial charge in [0.15, 0.2) is 6.61 Å². The molecule has 0 saturated carbocycles. The minimum atomic E-state index is -1.36. The lowest BCUT2D eigenvalue weighted by Gasteiger charge is -2.20. The van der Waals surface area contributed by atoms with Crippen molar-refractivity contribution in [1.82, 2.24) is 4.72 Å². The molecule has 9 heteroatoms. The Morgan fingerprint density at radius 1 is 1.25 bits per heavy atom. The zero-order valence-corrected chi connectivity index (χ0v) is 20.5. The zero-order valence-electron chi connectivity index (χ0n) is 18.1. The molecule has 2 unspecified atom stereocenters. The Balaban J connectivity index is 1.65. The topological polar surface area (TPSA) is 84.9 Å². The van der Waals surface area contributed by atoms with E-state index in [2.05, 4.69) is 11.6 Å². The average molecular weight is 496 g/mol. The van der Waals surface area contributed by atoms with Crippen LogP contribution in [-0.4, -0.2) is 34.5 Å². The number of ether oxygens (including phenoxy) is 2. The maximum atomic E-state index is 13.0. The molecular formula is C23H26ClNO5S2. The van der Waals surface area contributed by atoms with Gasteiger partial charge in [-0.25, -0.2) is 13.7 Å². The van der Waals surface area contributed by atoms with E-state index < -0.39 is 23.6 Å². The van der Waals surface area contributed by atoms with E-state index in [1.54, 1.807) is 12.1 Å². The molecule has 0 spiro atoms. The monoisotopic (exact) mass is 495 g/mol. The third-order valence-electron chi connectivity index (χ3n) is 4.88. The van der Waals surface area contributed by atoms with Crippen LogP contribution in [0.4, 0.5) is 0 Å². The second kappa shape index (κ2) is 11.1. The van der Waals surface area contributed by atoms with E-state index in [9.17, 15) is 9.00 Å². The highest BCUT2D eigenvalue weighted by Gasteiger charge is 2.17.